The summed E-state index contributed by atoms with van der Waals surface area (Å²) in [5.74, 6) is -0.931. The fraction of sp³-hybridized carbons (Fsp3) is 0.320. The highest BCUT2D eigenvalue weighted by molar-refractivity contribution is 5.99. The summed E-state index contributed by atoms with van der Waals surface area (Å²) in [6.07, 6.45) is 5.84. The van der Waals surface area contributed by atoms with Gasteiger partial charge in [0.15, 0.2) is 0 Å². The van der Waals surface area contributed by atoms with E-state index in [0.29, 0.717) is 19.5 Å². The molecule has 0 spiro atoms. The zero-order valence-corrected chi connectivity index (χ0v) is 17.6. The van der Waals surface area contributed by atoms with Crippen LogP contribution < -0.4 is 10.2 Å². The number of piperidine rings is 1. The van der Waals surface area contributed by atoms with Crippen LogP contribution in [-0.2, 0) is 13.0 Å². The minimum atomic E-state index is -0.481. The van der Waals surface area contributed by atoms with Crippen molar-refractivity contribution in [2.24, 2.45) is 0 Å². The number of hydrogen-bond acceptors (Lipinski definition) is 4. The van der Waals surface area contributed by atoms with Crippen LogP contribution in [0.3, 0.4) is 0 Å². The molecule has 1 fully saturated rings. The molecular formula is C25H29N3O3. The van der Waals surface area contributed by atoms with Crippen LogP contribution in [0, 0.1) is 0 Å². The van der Waals surface area contributed by atoms with Crippen molar-refractivity contribution in [3.63, 3.8) is 0 Å². The Hall–Kier alpha value is -3.41. The van der Waals surface area contributed by atoms with Crippen LogP contribution in [0.4, 0.5) is 5.69 Å². The maximum Gasteiger partial charge on any atom is 0.260 e. The van der Waals surface area contributed by atoms with Gasteiger partial charge in [-0.15, -0.1) is 0 Å². The molecule has 1 aliphatic rings. The Bertz CT molecular complexity index is 1010. The first-order valence-electron chi connectivity index (χ1n) is 10.9. The van der Waals surface area contributed by atoms with Crippen LogP contribution in [-0.4, -0.2) is 40.3 Å². The number of aromatic nitrogens is 1. The van der Waals surface area contributed by atoms with Gasteiger partial charge in [-0.25, -0.2) is 0 Å². The average molecular weight is 420 g/mol. The van der Waals surface area contributed by atoms with Gasteiger partial charge in [0, 0.05) is 25.3 Å². The largest absolute Gasteiger partial charge is 0.505 e. The van der Waals surface area contributed by atoms with Gasteiger partial charge in [0.1, 0.15) is 11.3 Å². The molecule has 0 radical (unpaired) electrons. The molecule has 0 unspecified atom stereocenters. The topological polar surface area (TPSA) is 77.7 Å². The Labute approximate surface area is 182 Å². The minimum absolute atomic E-state index is 0.0852. The molecule has 6 nitrogen and oxygen atoms in total. The van der Waals surface area contributed by atoms with E-state index in [9.17, 15) is 15.0 Å². The molecule has 1 saturated heterocycles. The molecule has 1 amide bonds. The lowest BCUT2D eigenvalue weighted by molar-refractivity contribution is 0.0948. The fourth-order valence-electron chi connectivity index (χ4n) is 4.08. The number of anilines is 1. The number of nitrogens with zero attached hydrogens (tertiary/aromatic N) is 2. The first-order valence-corrected chi connectivity index (χ1v) is 10.9. The predicted molar refractivity (Wildman–Crippen MR) is 122 cm³/mol. The summed E-state index contributed by atoms with van der Waals surface area (Å²) in [5.41, 5.74) is 3.23. The summed E-state index contributed by atoms with van der Waals surface area (Å²) in [4.78, 5) is 14.9. The summed E-state index contributed by atoms with van der Waals surface area (Å²) in [6, 6.07) is 18.1. The molecule has 3 aromatic rings. The van der Waals surface area contributed by atoms with Crippen molar-refractivity contribution in [2.75, 3.05) is 24.5 Å². The third kappa shape index (κ3) is 5.02. The van der Waals surface area contributed by atoms with Gasteiger partial charge in [0.2, 0.25) is 5.88 Å². The highest BCUT2D eigenvalue weighted by Gasteiger charge is 2.21. The molecule has 0 aliphatic carbocycles. The lowest BCUT2D eigenvalue weighted by Crippen LogP contribution is -2.29. The molecule has 0 bridgehead atoms. The van der Waals surface area contributed by atoms with E-state index in [2.05, 4.69) is 22.3 Å². The van der Waals surface area contributed by atoms with E-state index in [1.807, 2.05) is 42.5 Å². The molecule has 4 rings (SSSR count). The SMILES string of the molecule is O=C(NCCc1ccccc1)c1c(O)cn(Cc2ccc(N3CCCCC3)cc2)c1O. The summed E-state index contributed by atoms with van der Waals surface area (Å²) >= 11 is 0. The molecule has 3 N–H and O–H groups in total. The van der Waals surface area contributed by atoms with Crippen molar-refractivity contribution in [1.29, 1.82) is 0 Å². The molecular weight excluding hydrogens is 390 g/mol. The molecule has 6 heteroatoms. The van der Waals surface area contributed by atoms with E-state index in [1.165, 1.54) is 35.7 Å². The Balaban J connectivity index is 1.38. The number of rotatable bonds is 7. The fourth-order valence-corrected chi connectivity index (χ4v) is 4.08. The van der Waals surface area contributed by atoms with Crippen LogP contribution in [0.1, 0.15) is 40.7 Å². The van der Waals surface area contributed by atoms with Crippen LogP contribution in [0.25, 0.3) is 0 Å². The van der Waals surface area contributed by atoms with E-state index in [1.54, 1.807) is 0 Å². The molecule has 0 atom stereocenters. The number of carbonyl (C=O) groups is 1. The van der Waals surface area contributed by atoms with E-state index in [-0.39, 0.29) is 17.2 Å². The molecule has 31 heavy (non-hydrogen) atoms. The van der Waals surface area contributed by atoms with Crippen molar-refractivity contribution in [3.8, 4) is 11.6 Å². The number of nitrogens with one attached hydrogen (secondary N) is 1. The monoisotopic (exact) mass is 419 g/mol. The van der Waals surface area contributed by atoms with Crippen molar-refractivity contribution >= 4 is 11.6 Å². The quantitative estimate of drug-likeness (QED) is 0.543. The second-order valence-electron chi connectivity index (χ2n) is 8.05. The number of amides is 1. The second-order valence-corrected chi connectivity index (χ2v) is 8.05. The van der Waals surface area contributed by atoms with Gasteiger partial charge in [-0.1, -0.05) is 42.5 Å². The average Bonchev–Trinajstić information content (AvgIpc) is 3.08. The van der Waals surface area contributed by atoms with Gasteiger partial charge in [-0.3, -0.25) is 4.79 Å². The third-order valence-corrected chi connectivity index (χ3v) is 5.81. The van der Waals surface area contributed by atoms with Crippen molar-refractivity contribution in [2.45, 2.75) is 32.2 Å². The summed E-state index contributed by atoms with van der Waals surface area (Å²) in [5, 5.41) is 23.6. The second kappa shape index (κ2) is 9.60. The highest BCUT2D eigenvalue weighted by Crippen LogP contribution is 2.30. The molecule has 0 saturated carbocycles. The van der Waals surface area contributed by atoms with Crippen molar-refractivity contribution in [1.82, 2.24) is 9.88 Å². The van der Waals surface area contributed by atoms with Gasteiger partial charge >= 0.3 is 0 Å². The number of hydrogen-bond donors (Lipinski definition) is 3. The zero-order chi connectivity index (χ0) is 21.6. The third-order valence-electron chi connectivity index (χ3n) is 5.81. The van der Waals surface area contributed by atoms with Crippen molar-refractivity contribution < 1.29 is 15.0 Å². The summed E-state index contributed by atoms with van der Waals surface area (Å²) in [7, 11) is 0. The Morgan fingerprint density at radius 1 is 0.903 bits per heavy atom. The van der Waals surface area contributed by atoms with Crippen LogP contribution in [0.15, 0.2) is 60.8 Å². The number of carbonyl (C=O) groups excluding carboxylic acids is 1. The molecule has 1 aromatic heterocycles. The maximum absolute atomic E-state index is 12.5. The van der Waals surface area contributed by atoms with Gasteiger partial charge in [-0.05, 0) is 48.9 Å². The van der Waals surface area contributed by atoms with Gasteiger partial charge in [-0.2, -0.15) is 0 Å². The number of aromatic hydroxyl groups is 2. The minimum Gasteiger partial charge on any atom is -0.505 e. The van der Waals surface area contributed by atoms with Gasteiger partial charge in [0.05, 0.1) is 12.7 Å². The zero-order valence-electron chi connectivity index (χ0n) is 17.6. The Morgan fingerprint density at radius 2 is 1.61 bits per heavy atom. The highest BCUT2D eigenvalue weighted by atomic mass is 16.3. The maximum atomic E-state index is 12.5. The first-order chi connectivity index (χ1) is 15.1. The predicted octanol–water partition coefficient (Wildman–Crippen LogP) is 3.91. The van der Waals surface area contributed by atoms with Crippen LogP contribution in [0.2, 0.25) is 0 Å². The summed E-state index contributed by atoms with van der Waals surface area (Å²) < 4.78 is 1.50. The van der Waals surface area contributed by atoms with E-state index < -0.39 is 5.91 Å². The molecule has 2 heterocycles. The Morgan fingerprint density at radius 3 is 2.32 bits per heavy atom. The van der Waals surface area contributed by atoms with Gasteiger partial charge in [0.25, 0.3) is 5.91 Å². The van der Waals surface area contributed by atoms with Crippen molar-refractivity contribution in [3.05, 3.63) is 77.5 Å². The molecule has 1 aliphatic heterocycles. The van der Waals surface area contributed by atoms with Crippen LogP contribution >= 0.6 is 0 Å². The van der Waals surface area contributed by atoms with E-state index >= 15 is 0 Å². The number of benzene rings is 2. The molecule has 2 aromatic carbocycles. The lowest BCUT2D eigenvalue weighted by Gasteiger charge is -2.28. The van der Waals surface area contributed by atoms with Gasteiger partial charge < -0.3 is 25.0 Å². The Kier molecular flexibility index (Phi) is 6.46. The van der Waals surface area contributed by atoms with E-state index in [4.69, 9.17) is 0 Å². The normalized spacial score (nSPS) is 13.9. The smallest absolute Gasteiger partial charge is 0.260 e. The standard InChI is InChI=1S/C25H29N3O3/c29-22-18-28(17-20-9-11-21(12-10-20)27-15-5-2-6-16-27)25(31)23(22)24(30)26-14-13-19-7-3-1-4-8-19/h1,3-4,7-12,18,29,31H,2,5-6,13-17H2,(H,26,30). The van der Waals surface area contributed by atoms with Crippen LogP contribution in [0.5, 0.6) is 11.6 Å². The summed E-state index contributed by atoms with van der Waals surface area (Å²) in [6.45, 7) is 2.98. The first kappa shape index (κ1) is 20.8. The van der Waals surface area contributed by atoms with E-state index in [0.717, 1.165) is 24.2 Å². The lowest BCUT2D eigenvalue weighted by atomic mass is 10.1. The molecule has 162 valence electrons.